The second-order valence-electron chi connectivity index (χ2n) is 7.01. The highest BCUT2D eigenvalue weighted by Crippen LogP contribution is 2.22. The van der Waals surface area contributed by atoms with Crippen molar-refractivity contribution in [3.63, 3.8) is 0 Å². The largest absolute Gasteiger partial charge is 0.378 e. The summed E-state index contributed by atoms with van der Waals surface area (Å²) in [7, 11) is 0. The Kier molecular flexibility index (Phi) is 6.34. The molecule has 144 valence electrons. The molecule has 1 amide bonds. The normalized spacial score (nSPS) is 14.3. The Morgan fingerprint density at radius 1 is 1.19 bits per heavy atom. The number of hydrogen-bond donors (Lipinski definition) is 1. The van der Waals surface area contributed by atoms with Crippen LogP contribution in [0.3, 0.4) is 0 Å². The molecule has 2 heterocycles. The lowest BCUT2D eigenvalue weighted by atomic mass is 9.97. The Morgan fingerprint density at radius 3 is 2.48 bits per heavy atom. The van der Waals surface area contributed by atoms with Crippen LogP contribution in [-0.2, 0) is 11.2 Å². The molecule has 0 bridgehead atoms. The van der Waals surface area contributed by atoms with Crippen LogP contribution in [0.5, 0.6) is 0 Å². The Hall–Kier alpha value is -2.11. The van der Waals surface area contributed by atoms with Gasteiger partial charge in [0.15, 0.2) is 0 Å². The molecule has 0 saturated carbocycles. The van der Waals surface area contributed by atoms with E-state index in [-0.39, 0.29) is 5.91 Å². The minimum atomic E-state index is -0.0508. The van der Waals surface area contributed by atoms with Gasteiger partial charge in [-0.3, -0.25) is 4.79 Å². The Labute approximate surface area is 165 Å². The number of nitrogens with one attached hydrogen (secondary N) is 1. The zero-order valence-corrected chi connectivity index (χ0v) is 16.9. The first kappa shape index (κ1) is 19.6. The van der Waals surface area contributed by atoms with Crippen molar-refractivity contribution in [1.29, 1.82) is 0 Å². The number of carbonyl (C=O) groups excluding carboxylic acids is 1. The summed E-state index contributed by atoms with van der Waals surface area (Å²) in [4.78, 5) is 18.6. The average Bonchev–Trinajstić information content (AvgIpc) is 2.65. The Bertz CT molecular complexity index is 809. The molecule has 0 spiro atoms. The summed E-state index contributed by atoms with van der Waals surface area (Å²) < 4.78 is 5.29. The topological polar surface area (TPSA) is 54.5 Å². The molecule has 5 nitrogen and oxygen atoms in total. The molecule has 0 atom stereocenters. The molecule has 1 aliphatic heterocycles. The first-order valence-corrected chi connectivity index (χ1v) is 9.66. The van der Waals surface area contributed by atoms with E-state index in [1.165, 1.54) is 22.3 Å². The third-order valence-corrected chi connectivity index (χ3v) is 5.18. The van der Waals surface area contributed by atoms with E-state index in [2.05, 4.69) is 43.2 Å². The van der Waals surface area contributed by atoms with Crippen molar-refractivity contribution in [2.24, 2.45) is 0 Å². The molecule has 1 saturated heterocycles. The molecule has 3 rings (SSSR count). The monoisotopic (exact) mass is 387 g/mol. The summed E-state index contributed by atoms with van der Waals surface area (Å²) in [5.74, 6) is 0.558. The number of ether oxygens (including phenoxy) is 1. The molecule has 1 aromatic heterocycles. The van der Waals surface area contributed by atoms with Gasteiger partial charge in [0.05, 0.1) is 23.8 Å². The van der Waals surface area contributed by atoms with E-state index < -0.39 is 0 Å². The van der Waals surface area contributed by atoms with Gasteiger partial charge in [0, 0.05) is 25.8 Å². The van der Waals surface area contributed by atoms with Gasteiger partial charge in [-0.25, -0.2) is 4.98 Å². The molecular weight excluding hydrogens is 362 g/mol. The number of morpholine rings is 1. The maximum absolute atomic E-state index is 12.5. The number of pyridine rings is 1. The summed E-state index contributed by atoms with van der Waals surface area (Å²) >= 11 is 6.36. The van der Waals surface area contributed by atoms with Crippen LogP contribution in [0.25, 0.3) is 0 Å². The van der Waals surface area contributed by atoms with Crippen molar-refractivity contribution >= 4 is 23.3 Å². The van der Waals surface area contributed by atoms with E-state index >= 15 is 0 Å². The van der Waals surface area contributed by atoms with E-state index in [0.717, 1.165) is 13.0 Å². The molecule has 2 aromatic rings. The molecule has 0 aliphatic carbocycles. The zero-order chi connectivity index (χ0) is 19.4. The van der Waals surface area contributed by atoms with Gasteiger partial charge in [-0.05, 0) is 49.9 Å². The number of amides is 1. The second-order valence-corrected chi connectivity index (χ2v) is 7.42. The molecular formula is C21H26ClN3O2. The van der Waals surface area contributed by atoms with E-state index in [4.69, 9.17) is 16.3 Å². The summed E-state index contributed by atoms with van der Waals surface area (Å²) in [6.45, 7) is 9.49. The third-order valence-electron chi connectivity index (χ3n) is 4.89. The van der Waals surface area contributed by atoms with Gasteiger partial charge < -0.3 is 15.0 Å². The third kappa shape index (κ3) is 4.79. The van der Waals surface area contributed by atoms with Crippen LogP contribution in [0.4, 0.5) is 5.82 Å². The number of nitrogens with zero attached hydrogens (tertiary/aromatic N) is 2. The highest BCUT2D eigenvalue weighted by molar-refractivity contribution is 6.33. The van der Waals surface area contributed by atoms with Crippen molar-refractivity contribution in [2.45, 2.75) is 27.2 Å². The van der Waals surface area contributed by atoms with Crippen LogP contribution in [0, 0.1) is 20.8 Å². The zero-order valence-electron chi connectivity index (χ0n) is 16.1. The molecule has 1 aromatic carbocycles. The SMILES string of the molecule is Cc1cc(C)c(CCNc2ncc(C(=O)N3CCOCC3)cc2Cl)c(C)c1. The number of halogens is 1. The maximum Gasteiger partial charge on any atom is 0.255 e. The lowest BCUT2D eigenvalue weighted by Crippen LogP contribution is -2.40. The van der Waals surface area contributed by atoms with E-state index in [1.54, 1.807) is 17.2 Å². The molecule has 1 N–H and O–H groups in total. The number of aryl methyl sites for hydroxylation is 3. The average molecular weight is 388 g/mol. The molecule has 0 unspecified atom stereocenters. The summed E-state index contributed by atoms with van der Waals surface area (Å²) in [6.07, 6.45) is 2.48. The minimum absolute atomic E-state index is 0.0508. The van der Waals surface area contributed by atoms with Gasteiger partial charge in [0.25, 0.3) is 5.91 Å². The van der Waals surface area contributed by atoms with Crippen molar-refractivity contribution in [3.05, 3.63) is 57.2 Å². The van der Waals surface area contributed by atoms with Gasteiger partial charge in [-0.15, -0.1) is 0 Å². The van der Waals surface area contributed by atoms with Gasteiger partial charge >= 0.3 is 0 Å². The number of hydrogen-bond acceptors (Lipinski definition) is 4. The summed E-state index contributed by atoms with van der Waals surface area (Å²) in [6, 6.07) is 6.11. The van der Waals surface area contributed by atoms with Gasteiger partial charge in [0.2, 0.25) is 0 Å². The second kappa shape index (κ2) is 8.72. The fraction of sp³-hybridized carbons (Fsp3) is 0.429. The highest BCUT2D eigenvalue weighted by atomic mass is 35.5. The first-order valence-electron chi connectivity index (χ1n) is 9.29. The lowest BCUT2D eigenvalue weighted by molar-refractivity contribution is 0.0302. The number of rotatable bonds is 5. The Balaban J connectivity index is 1.62. The number of benzene rings is 1. The quantitative estimate of drug-likeness (QED) is 0.848. The van der Waals surface area contributed by atoms with E-state index in [9.17, 15) is 4.79 Å². The predicted octanol–water partition coefficient (Wildman–Crippen LogP) is 3.79. The van der Waals surface area contributed by atoms with Gasteiger partial charge in [-0.2, -0.15) is 0 Å². The van der Waals surface area contributed by atoms with E-state index in [1.807, 2.05) is 0 Å². The van der Waals surface area contributed by atoms with Crippen molar-refractivity contribution < 1.29 is 9.53 Å². The predicted molar refractivity (Wildman–Crippen MR) is 109 cm³/mol. The summed E-state index contributed by atoms with van der Waals surface area (Å²) in [5, 5.41) is 3.75. The first-order chi connectivity index (χ1) is 13.0. The molecule has 1 fully saturated rings. The van der Waals surface area contributed by atoms with Gasteiger partial charge in [0.1, 0.15) is 5.82 Å². The smallest absolute Gasteiger partial charge is 0.255 e. The maximum atomic E-state index is 12.5. The van der Waals surface area contributed by atoms with Gasteiger partial charge in [-0.1, -0.05) is 29.3 Å². The fourth-order valence-electron chi connectivity index (χ4n) is 3.54. The molecule has 0 radical (unpaired) electrons. The molecule has 1 aliphatic rings. The van der Waals surface area contributed by atoms with Crippen molar-refractivity contribution in [3.8, 4) is 0 Å². The van der Waals surface area contributed by atoms with Crippen LogP contribution < -0.4 is 5.32 Å². The summed E-state index contributed by atoms with van der Waals surface area (Å²) in [5.41, 5.74) is 5.76. The van der Waals surface area contributed by atoms with Crippen LogP contribution in [0.15, 0.2) is 24.4 Å². The van der Waals surface area contributed by atoms with Crippen LogP contribution in [0.2, 0.25) is 5.02 Å². The lowest BCUT2D eigenvalue weighted by Gasteiger charge is -2.26. The van der Waals surface area contributed by atoms with Crippen LogP contribution in [-0.4, -0.2) is 48.6 Å². The molecule has 6 heteroatoms. The van der Waals surface area contributed by atoms with Crippen molar-refractivity contribution in [1.82, 2.24) is 9.88 Å². The van der Waals surface area contributed by atoms with Crippen LogP contribution in [0.1, 0.15) is 32.6 Å². The minimum Gasteiger partial charge on any atom is -0.378 e. The molecule has 27 heavy (non-hydrogen) atoms. The number of aromatic nitrogens is 1. The van der Waals surface area contributed by atoms with Crippen molar-refractivity contribution in [2.75, 3.05) is 38.2 Å². The Morgan fingerprint density at radius 2 is 1.85 bits per heavy atom. The standard InChI is InChI=1S/C21H26ClN3O2/c1-14-10-15(2)18(16(3)11-14)4-5-23-20-19(22)12-17(13-24-20)21(26)25-6-8-27-9-7-25/h10-13H,4-9H2,1-3H3,(H,23,24). The number of carbonyl (C=O) groups is 1. The number of anilines is 1. The fourth-order valence-corrected chi connectivity index (χ4v) is 3.78. The van der Waals surface area contributed by atoms with Crippen LogP contribution >= 0.6 is 11.6 Å². The van der Waals surface area contributed by atoms with E-state index in [0.29, 0.717) is 42.7 Å². The highest BCUT2D eigenvalue weighted by Gasteiger charge is 2.19.